The van der Waals surface area contributed by atoms with Crippen LogP contribution in [0, 0.1) is 11.6 Å². The minimum Gasteiger partial charge on any atom is -0.314 e. The van der Waals surface area contributed by atoms with Crippen LogP contribution >= 0.6 is 0 Å². The van der Waals surface area contributed by atoms with E-state index in [9.17, 15) is 8.78 Å². The molecule has 2 nitrogen and oxygen atoms in total. The lowest BCUT2D eigenvalue weighted by atomic mass is 9.81. The predicted octanol–water partition coefficient (Wildman–Crippen LogP) is 5.11. The van der Waals surface area contributed by atoms with Crippen molar-refractivity contribution in [2.45, 2.75) is 18.4 Å². The predicted molar refractivity (Wildman–Crippen MR) is 123 cm³/mol. The molecule has 0 spiro atoms. The smallest absolute Gasteiger partial charge is 0.123 e. The Morgan fingerprint density at radius 1 is 0.806 bits per heavy atom. The van der Waals surface area contributed by atoms with Gasteiger partial charge in [-0.2, -0.15) is 0 Å². The van der Waals surface area contributed by atoms with Crippen LogP contribution in [0.25, 0.3) is 6.08 Å². The van der Waals surface area contributed by atoms with Gasteiger partial charge in [-0.05, 0) is 53.8 Å². The lowest BCUT2D eigenvalue weighted by Gasteiger charge is -2.48. The van der Waals surface area contributed by atoms with Gasteiger partial charge in [-0.1, -0.05) is 66.7 Å². The van der Waals surface area contributed by atoms with Crippen molar-refractivity contribution in [3.05, 3.63) is 113 Å². The molecule has 31 heavy (non-hydrogen) atoms. The molecule has 0 atom stereocenters. The van der Waals surface area contributed by atoms with Gasteiger partial charge in [0.2, 0.25) is 0 Å². The molecule has 0 radical (unpaired) electrons. The van der Waals surface area contributed by atoms with Gasteiger partial charge < -0.3 is 5.32 Å². The van der Waals surface area contributed by atoms with E-state index in [0.29, 0.717) is 0 Å². The standard InChI is InChI=1S/C27H28F2N2/c28-25-12-8-23(9-13-25)19-27(20-24-10-14-26(29)15-11-24)21-30-16-18-31(27)17-4-7-22-5-2-1-3-6-22/h1-15,30H,16-21H2. The number of nitrogens with one attached hydrogen (secondary N) is 1. The van der Waals surface area contributed by atoms with E-state index < -0.39 is 0 Å². The van der Waals surface area contributed by atoms with Crippen molar-refractivity contribution in [3.8, 4) is 0 Å². The Kier molecular flexibility index (Phi) is 6.90. The minimum atomic E-state index is -0.222. The number of halogens is 2. The van der Waals surface area contributed by atoms with Gasteiger partial charge in [-0.25, -0.2) is 8.78 Å². The Bertz CT molecular complexity index is 935. The average molecular weight is 419 g/mol. The van der Waals surface area contributed by atoms with Gasteiger partial charge in [-0.15, -0.1) is 0 Å². The molecule has 0 amide bonds. The molecular formula is C27H28F2N2. The van der Waals surface area contributed by atoms with E-state index in [1.807, 2.05) is 42.5 Å². The average Bonchev–Trinajstić information content (AvgIpc) is 2.79. The number of benzene rings is 3. The van der Waals surface area contributed by atoms with Crippen LogP contribution in [0.15, 0.2) is 84.9 Å². The number of nitrogens with zero attached hydrogens (tertiary/aromatic N) is 1. The van der Waals surface area contributed by atoms with Crippen molar-refractivity contribution in [2.24, 2.45) is 0 Å². The van der Waals surface area contributed by atoms with E-state index >= 15 is 0 Å². The zero-order chi connectivity index (χ0) is 21.5. The van der Waals surface area contributed by atoms with E-state index in [2.05, 4.69) is 34.5 Å². The van der Waals surface area contributed by atoms with E-state index in [1.54, 1.807) is 0 Å². The molecule has 160 valence electrons. The van der Waals surface area contributed by atoms with Gasteiger partial charge >= 0.3 is 0 Å². The van der Waals surface area contributed by atoms with E-state index in [4.69, 9.17) is 0 Å². The molecule has 1 heterocycles. The Labute approximate surface area is 183 Å². The fourth-order valence-corrected chi connectivity index (χ4v) is 4.42. The molecule has 0 bridgehead atoms. The number of rotatable bonds is 7. The van der Waals surface area contributed by atoms with Crippen molar-refractivity contribution >= 4 is 6.08 Å². The quantitative estimate of drug-likeness (QED) is 0.574. The molecule has 1 aliphatic rings. The molecule has 0 aliphatic carbocycles. The van der Waals surface area contributed by atoms with Crippen molar-refractivity contribution in [1.82, 2.24) is 10.2 Å². The molecule has 1 fully saturated rings. The van der Waals surface area contributed by atoms with Crippen LogP contribution in [0.3, 0.4) is 0 Å². The highest BCUT2D eigenvalue weighted by molar-refractivity contribution is 5.48. The number of hydrogen-bond acceptors (Lipinski definition) is 2. The SMILES string of the molecule is Fc1ccc(CC2(Cc3ccc(F)cc3)CNCCN2CC=Cc2ccccc2)cc1. The molecule has 4 rings (SSSR count). The fourth-order valence-electron chi connectivity index (χ4n) is 4.42. The maximum Gasteiger partial charge on any atom is 0.123 e. The second-order valence-corrected chi connectivity index (χ2v) is 8.27. The van der Waals surface area contributed by atoms with E-state index in [-0.39, 0.29) is 17.2 Å². The van der Waals surface area contributed by atoms with Crippen LogP contribution in [0.4, 0.5) is 8.78 Å². The molecule has 3 aromatic carbocycles. The molecular weight excluding hydrogens is 390 g/mol. The summed E-state index contributed by atoms with van der Waals surface area (Å²) in [5.74, 6) is -0.443. The van der Waals surface area contributed by atoms with Crippen LogP contribution in [-0.2, 0) is 12.8 Å². The monoisotopic (exact) mass is 418 g/mol. The summed E-state index contributed by atoms with van der Waals surface area (Å²) in [5.41, 5.74) is 3.20. The summed E-state index contributed by atoms with van der Waals surface area (Å²) in [7, 11) is 0. The summed E-state index contributed by atoms with van der Waals surface area (Å²) in [6.07, 6.45) is 5.95. The third-order valence-electron chi connectivity index (χ3n) is 6.01. The maximum atomic E-state index is 13.5. The van der Waals surface area contributed by atoms with Crippen molar-refractivity contribution in [3.63, 3.8) is 0 Å². The van der Waals surface area contributed by atoms with Gasteiger partial charge in [0, 0.05) is 31.7 Å². The maximum absolute atomic E-state index is 13.5. The number of piperazine rings is 1. The van der Waals surface area contributed by atoms with Crippen molar-refractivity contribution < 1.29 is 8.78 Å². The molecule has 1 N–H and O–H groups in total. The molecule has 0 aromatic heterocycles. The van der Waals surface area contributed by atoms with Crippen LogP contribution in [0.2, 0.25) is 0 Å². The zero-order valence-corrected chi connectivity index (χ0v) is 17.6. The summed E-state index contributed by atoms with van der Waals surface area (Å²) < 4.78 is 27.0. The largest absolute Gasteiger partial charge is 0.314 e. The Morgan fingerprint density at radius 3 is 1.97 bits per heavy atom. The lowest BCUT2D eigenvalue weighted by molar-refractivity contribution is 0.0714. The second kappa shape index (κ2) is 9.99. The van der Waals surface area contributed by atoms with Gasteiger partial charge in [0.15, 0.2) is 0 Å². The first kappa shape index (κ1) is 21.4. The highest BCUT2D eigenvalue weighted by Crippen LogP contribution is 2.28. The summed E-state index contributed by atoms with van der Waals surface area (Å²) in [6, 6.07) is 23.9. The highest BCUT2D eigenvalue weighted by Gasteiger charge is 2.38. The van der Waals surface area contributed by atoms with Gasteiger partial charge in [0.25, 0.3) is 0 Å². The first-order valence-electron chi connectivity index (χ1n) is 10.8. The summed E-state index contributed by atoms with van der Waals surface area (Å²) in [6.45, 7) is 3.48. The molecule has 1 saturated heterocycles. The summed E-state index contributed by atoms with van der Waals surface area (Å²) in [5, 5.41) is 3.56. The zero-order valence-electron chi connectivity index (χ0n) is 17.6. The lowest BCUT2D eigenvalue weighted by Crippen LogP contribution is -2.63. The minimum absolute atomic E-state index is 0.186. The van der Waals surface area contributed by atoms with Gasteiger partial charge in [-0.3, -0.25) is 4.90 Å². The van der Waals surface area contributed by atoms with Crippen LogP contribution in [0.1, 0.15) is 16.7 Å². The molecule has 1 aliphatic heterocycles. The normalized spacial score (nSPS) is 16.6. The summed E-state index contributed by atoms with van der Waals surface area (Å²) >= 11 is 0. The highest BCUT2D eigenvalue weighted by atomic mass is 19.1. The first-order valence-corrected chi connectivity index (χ1v) is 10.8. The Balaban J connectivity index is 1.61. The topological polar surface area (TPSA) is 15.3 Å². The molecule has 0 saturated carbocycles. The van der Waals surface area contributed by atoms with Crippen LogP contribution in [-0.4, -0.2) is 36.6 Å². The molecule has 4 heteroatoms. The second-order valence-electron chi connectivity index (χ2n) is 8.27. The molecule has 0 unspecified atom stereocenters. The van der Waals surface area contributed by atoms with E-state index in [1.165, 1.54) is 29.8 Å². The van der Waals surface area contributed by atoms with Crippen molar-refractivity contribution in [1.29, 1.82) is 0 Å². The van der Waals surface area contributed by atoms with Gasteiger partial charge in [0.05, 0.1) is 0 Å². The van der Waals surface area contributed by atoms with E-state index in [0.717, 1.165) is 50.1 Å². The van der Waals surface area contributed by atoms with Crippen molar-refractivity contribution in [2.75, 3.05) is 26.2 Å². The Hall–Kier alpha value is -2.82. The first-order chi connectivity index (χ1) is 15.1. The Morgan fingerprint density at radius 2 is 1.39 bits per heavy atom. The fraction of sp³-hybridized carbons (Fsp3) is 0.259. The molecule has 3 aromatic rings. The van der Waals surface area contributed by atoms with Gasteiger partial charge in [0.1, 0.15) is 11.6 Å². The van der Waals surface area contributed by atoms with Crippen LogP contribution < -0.4 is 5.32 Å². The number of hydrogen-bond donors (Lipinski definition) is 1. The summed E-state index contributed by atoms with van der Waals surface area (Å²) in [4.78, 5) is 2.51. The third kappa shape index (κ3) is 5.66. The third-order valence-corrected chi connectivity index (χ3v) is 6.01. The van der Waals surface area contributed by atoms with Crippen LogP contribution in [0.5, 0.6) is 0 Å².